The van der Waals surface area contributed by atoms with Gasteiger partial charge in [0.15, 0.2) is 0 Å². The van der Waals surface area contributed by atoms with Crippen molar-refractivity contribution in [3.05, 3.63) is 81.6 Å². The van der Waals surface area contributed by atoms with Crippen molar-refractivity contribution >= 4 is 16.8 Å². The predicted molar refractivity (Wildman–Crippen MR) is 103 cm³/mol. The van der Waals surface area contributed by atoms with Gasteiger partial charge < -0.3 is 10.3 Å². The number of rotatable bonds is 5. The highest BCUT2D eigenvalue weighted by atomic mass is 16.2. The van der Waals surface area contributed by atoms with Crippen LogP contribution in [0.25, 0.3) is 10.9 Å². The molecule has 1 unspecified atom stereocenters. The number of hydrogen-bond donors (Lipinski definition) is 2. The van der Waals surface area contributed by atoms with Crippen molar-refractivity contribution in [3.8, 4) is 0 Å². The van der Waals surface area contributed by atoms with E-state index < -0.39 is 5.92 Å². The van der Waals surface area contributed by atoms with E-state index in [0.717, 1.165) is 16.5 Å². The molecule has 1 aliphatic rings. The minimum Gasteiger partial charge on any atom is -0.352 e. The number of pyridine rings is 1. The van der Waals surface area contributed by atoms with Crippen LogP contribution in [0.2, 0.25) is 0 Å². The molecule has 1 aliphatic carbocycles. The number of amides is 1. The van der Waals surface area contributed by atoms with Crippen LogP contribution in [0.4, 0.5) is 0 Å². The lowest BCUT2D eigenvalue weighted by atomic mass is 10.00. The average molecular weight is 346 g/mol. The largest absolute Gasteiger partial charge is 0.352 e. The minimum absolute atomic E-state index is 0.136. The summed E-state index contributed by atoms with van der Waals surface area (Å²) >= 11 is 0. The van der Waals surface area contributed by atoms with Crippen LogP contribution in [-0.4, -0.2) is 10.9 Å². The Balaban J connectivity index is 1.48. The molecule has 1 fully saturated rings. The molecule has 0 spiro atoms. The summed E-state index contributed by atoms with van der Waals surface area (Å²) in [6.07, 6.45) is 2.52. The Hall–Kier alpha value is -2.88. The fraction of sp³-hybridized carbons (Fsp3) is 0.273. The van der Waals surface area contributed by atoms with Gasteiger partial charge in [-0.05, 0) is 54.3 Å². The smallest absolute Gasteiger partial charge is 0.252 e. The van der Waals surface area contributed by atoms with Gasteiger partial charge in [-0.2, -0.15) is 0 Å². The van der Waals surface area contributed by atoms with Gasteiger partial charge in [0.05, 0.1) is 5.92 Å². The molecule has 2 aromatic carbocycles. The van der Waals surface area contributed by atoms with Gasteiger partial charge in [0.25, 0.3) is 5.56 Å². The van der Waals surface area contributed by atoms with Gasteiger partial charge in [-0.25, -0.2) is 0 Å². The Labute approximate surface area is 152 Å². The third kappa shape index (κ3) is 3.40. The van der Waals surface area contributed by atoms with Crippen LogP contribution in [0.5, 0.6) is 0 Å². The zero-order chi connectivity index (χ0) is 18.1. The lowest BCUT2D eigenvalue weighted by molar-refractivity contribution is -0.122. The monoisotopic (exact) mass is 346 g/mol. The minimum atomic E-state index is -0.505. The first-order valence-electron chi connectivity index (χ1n) is 9.10. The van der Waals surface area contributed by atoms with Crippen molar-refractivity contribution in [2.75, 3.05) is 0 Å². The fourth-order valence-corrected chi connectivity index (χ4v) is 3.34. The summed E-state index contributed by atoms with van der Waals surface area (Å²) < 4.78 is 0. The fourth-order valence-electron chi connectivity index (χ4n) is 3.34. The molecule has 132 valence electrons. The zero-order valence-electron chi connectivity index (χ0n) is 14.8. The second kappa shape index (κ2) is 6.79. The van der Waals surface area contributed by atoms with Gasteiger partial charge in [-0.1, -0.05) is 42.5 Å². The number of carbonyl (C=O) groups excluding carboxylic acids is 1. The topological polar surface area (TPSA) is 62.0 Å². The summed E-state index contributed by atoms with van der Waals surface area (Å²) in [7, 11) is 0. The molecule has 4 nitrogen and oxygen atoms in total. The maximum absolute atomic E-state index is 12.6. The molecule has 3 aromatic rings. The van der Waals surface area contributed by atoms with Crippen LogP contribution in [0.15, 0.2) is 59.4 Å². The molecule has 0 bridgehead atoms. The first kappa shape index (κ1) is 16.6. The van der Waals surface area contributed by atoms with Gasteiger partial charge >= 0.3 is 0 Å². The molecule has 0 aliphatic heterocycles. The van der Waals surface area contributed by atoms with Crippen LogP contribution < -0.4 is 10.9 Å². The number of para-hydroxylation sites is 1. The third-order valence-electron chi connectivity index (χ3n) is 5.11. The van der Waals surface area contributed by atoms with E-state index in [0.29, 0.717) is 18.0 Å². The molecule has 1 atom stereocenters. The van der Waals surface area contributed by atoms with Crippen molar-refractivity contribution in [2.45, 2.75) is 38.1 Å². The maximum atomic E-state index is 12.6. The van der Waals surface area contributed by atoms with Crippen molar-refractivity contribution in [2.24, 2.45) is 0 Å². The standard InChI is InChI=1S/C22H22N2O2/c1-14(19-12-18-6-2-3-8-20(18)24-22(19)26)21(25)23-13-15-5-4-7-17(11-15)16-9-10-16/h2-8,11-12,14,16H,9-10,13H2,1H3,(H,23,25)(H,24,26). The number of nitrogens with one attached hydrogen (secondary N) is 2. The summed E-state index contributed by atoms with van der Waals surface area (Å²) in [5.41, 5.74) is 3.53. The van der Waals surface area contributed by atoms with E-state index in [1.165, 1.54) is 18.4 Å². The van der Waals surface area contributed by atoms with Crippen LogP contribution in [0.1, 0.15) is 48.3 Å². The molecule has 4 heteroatoms. The molecule has 1 heterocycles. The predicted octanol–water partition coefficient (Wildman–Crippen LogP) is 3.83. The van der Waals surface area contributed by atoms with E-state index >= 15 is 0 Å². The number of H-pyrrole nitrogens is 1. The number of benzene rings is 2. The summed E-state index contributed by atoms with van der Waals surface area (Å²) in [6, 6.07) is 17.8. The highest BCUT2D eigenvalue weighted by molar-refractivity contribution is 5.85. The summed E-state index contributed by atoms with van der Waals surface area (Å²) in [5.74, 6) is 0.0540. The Morgan fingerprint density at radius 1 is 1.15 bits per heavy atom. The Morgan fingerprint density at radius 2 is 1.96 bits per heavy atom. The molecule has 0 saturated heterocycles. The molecular formula is C22H22N2O2. The maximum Gasteiger partial charge on any atom is 0.252 e. The van der Waals surface area contributed by atoms with Crippen molar-refractivity contribution in [1.82, 2.24) is 10.3 Å². The van der Waals surface area contributed by atoms with E-state index in [9.17, 15) is 9.59 Å². The van der Waals surface area contributed by atoms with E-state index in [2.05, 4.69) is 22.4 Å². The van der Waals surface area contributed by atoms with Crippen LogP contribution >= 0.6 is 0 Å². The average Bonchev–Trinajstić information content (AvgIpc) is 3.50. The summed E-state index contributed by atoms with van der Waals surface area (Å²) in [6.45, 7) is 2.25. The molecule has 26 heavy (non-hydrogen) atoms. The SMILES string of the molecule is CC(C(=O)NCc1cccc(C2CC2)c1)c1cc2ccccc2[nH]c1=O. The number of carbonyl (C=O) groups is 1. The number of aromatic nitrogens is 1. The summed E-state index contributed by atoms with van der Waals surface area (Å²) in [5, 5.41) is 3.90. The van der Waals surface area contributed by atoms with Crippen molar-refractivity contribution < 1.29 is 4.79 Å². The van der Waals surface area contributed by atoms with E-state index in [1.54, 1.807) is 6.92 Å². The number of fused-ring (bicyclic) bond motifs is 1. The molecule has 4 rings (SSSR count). The molecule has 0 radical (unpaired) electrons. The van der Waals surface area contributed by atoms with Crippen molar-refractivity contribution in [1.29, 1.82) is 0 Å². The zero-order valence-corrected chi connectivity index (χ0v) is 14.8. The van der Waals surface area contributed by atoms with Gasteiger partial charge in [0, 0.05) is 17.6 Å². The number of hydrogen-bond acceptors (Lipinski definition) is 2. The quantitative estimate of drug-likeness (QED) is 0.738. The second-order valence-electron chi connectivity index (χ2n) is 7.10. The molecule has 1 saturated carbocycles. The lowest BCUT2D eigenvalue weighted by Gasteiger charge is -2.13. The molecular weight excluding hydrogens is 324 g/mol. The van der Waals surface area contributed by atoms with E-state index in [1.807, 2.05) is 42.5 Å². The highest BCUT2D eigenvalue weighted by Crippen LogP contribution is 2.40. The van der Waals surface area contributed by atoms with Crippen LogP contribution in [0.3, 0.4) is 0 Å². The van der Waals surface area contributed by atoms with Gasteiger partial charge in [-0.15, -0.1) is 0 Å². The Morgan fingerprint density at radius 3 is 2.77 bits per heavy atom. The molecule has 1 amide bonds. The summed E-state index contributed by atoms with van der Waals surface area (Å²) in [4.78, 5) is 27.8. The first-order chi connectivity index (χ1) is 12.6. The Bertz CT molecular complexity index is 1020. The van der Waals surface area contributed by atoms with Gasteiger partial charge in [0.2, 0.25) is 5.91 Å². The normalized spacial score (nSPS) is 15.0. The second-order valence-corrected chi connectivity index (χ2v) is 7.10. The van der Waals surface area contributed by atoms with E-state index in [-0.39, 0.29) is 11.5 Å². The molecule has 1 aromatic heterocycles. The molecule has 2 N–H and O–H groups in total. The Kier molecular flexibility index (Phi) is 4.33. The van der Waals surface area contributed by atoms with Crippen LogP contribution in [0, 0.1) is 0 Å². The van der Waals surface area contributed by atoms with Crippen molar-refractivity contribution in [3.63, 3.8) is 0 Å². The van der Waals surface area contributed by atoms with Gasteiger partial charge in [-0.3, -0.25) is 9.59 Å². The number of aromatic amines is 1. The third-order valence-corrected chi connectivity index (χ3v) is 5.11. The van der Waals surface area contributed by atoms with Crippen LogP contribution in [-0.2, 0) is 11.3 Å². The first-order valence-corrected chi connectivity index (χ1v) is 9.10. The lowest BCUT2D eigenvalue weighted by Crippen LogP contribution is -2.30. The van der Waals surface area contributed by atoms with E-state index in [4.69, 9.17) is 0 Å². The van der Waals surface area contributed by atoms with Gasteiger partial charge in [0.1, 0.15) is 0 Å². The highest BCUT2D eigenvalue weighted by Gasteiger charge is 2.23.